The molecule has 0 bridgehead atoms. The van der Waals surface area contributed by atoms with E-state index >= 15 is 0 Å². The fourth-order valence-electron chi connectivity index (χ4n) is 1.39. The highest BCUT2D eigenvalue weighted by atomic mass is 35.5. The maximum atomic E-state index is 12.2. The molecule has 0 saturated carbocycles. The Morgan fingerprint density at radius 2 is 1.80 bits per heavy atom. The minimum absolute atomic E-state index is 0.139. The molecule has 5 nitrogen and oxygen atoms in total. The number of carbonyl (C=O) groups is 1. The zero-order valence-electron chi connectivity index (χ0n) is 11.1. The highest BCUT2D eigenvalue weighted by molar-refractivity contribution is 7.54. The number of ether oxygens (including phenoxy) is 1. The first-order chi connectivity index (χ1) is 9.40. The van der Waals surface area contributed by atoms with Crippen LogP contribution in [0.25, 0.3) is 0 Å². The molecule has 0 heterocycles. The van der Waals surface area contributed by atoms with Crippen molar-refractivity contribution in [2.45, 2.75) is 13.8 Å². The molecule has 0 fully saturated rings. The molecule has 0 aliphatic rings. The van der Waals surface area contributed by atoms with Crippen LogP contribution in [0.1, 0.15) is 13.8 Å². The van der Waals surface area contributed by atoms with Crippen LogP contribution in [0.2, 0.25) is 10.0 Å². The Balaban J connectivity index is 2.73. The second-order valence-electron chi connectivity index (χ2n) is 3.65. The molecule has 0 saturated heterocycles. The van der Waals surface area contributed by atoms with E-state index in [0.717, 1.165) is 0 Å². The lowest BCUT2D eigenvalue weighted by Gasteiger charge is -2.16. The maximum Gasteiger partial charge on any atom is 0.341 e. The van der Waals surface area contributed by atoms with Gasteiger partial charge in [0, 0.05) is 5.02 Å². The summed E-state index contributed by atoms with van der Waals surface area (Å²) < 4.78 is 27.2. The van der Waals surface area contributed by atoms with Gasteiger partial charge in [0.1, 0.15) is 11.9 Å². The van der Waals surface area contributed by atoms with Crippen molar-refractivity contribution in [3.05, 3.63) is 28.2 Å². The molecular formula is C12H15Cl2O5P. The van der Waals surface area contributed by atoms with Gasteiger partial charge in [0.25, 0.3) is 0 Å². The number of halogens is 2. The molecule has 112 valence electrons. The highest BCUT2D eigenvalue weighted by Gasteiger charge is 2.29. The van der Waals surface area contributed by atoms with Gasteiger partial charge in [-0.1, -0.05) is 23.2 Å². The second-order valence-corrected chi connectivity index (χ2v) is 6.55. The lowest BCUT2D eigenvalue weighted by molar-refractivity contribution is -0.131. The summed E-state index contributed by atoms with van der Waals surface area (Å²) in [5.41, 5.74) is 0. The zero-order valence-corrected chi connectivity index (χ0v) is 13.5. The average molecular weight is 341 g/mol. The third-order valence-electron chi connectivity index (χ3n) is 2.09. The van der Waals surface area contributed by atoms with Crippen LogP contribution < -0.4 is 4.74 Å². The van der Waals surface area contributed by atoms with Crippen molar-refractivity contribution in [1.29, 1.82) is 0 Å². The van der Waals surface area contributed by atoms with Gasteiger partial charge in [0.05, 0.1) is 18.2 Å². The maximum absolute atomic E-state index is 12.2. The van der Waals surface area contributed by atoms with Gasteiger partial charge in [-0.2, -0.15) is 0 Å². The summed E-state index contributed by atoms with van der Waals surface area (Å²) in [5, 5.41) is 0.609. The topological polar surface area (TPSA) is 61.8 Å². The molecule has 0 atom stereocenters. The summed E-state index contributed by atoms with van der Waals surface area (Å²) in [6.45, 7) is 3.67. The Morgan fingerprint density at radius 1 is 1.20 bits per heavy atom. The third-order valence-corrected chi connectivity index (χ3v) is 4.57. The molecule has 0 aliphatic carbocycles. The fourth-order valence-corrected chi connectivity index (χ4v) is 3.26. The predicted octanol–water partition coefficient (Wildman–Crippen LogP) is 4.16. The van der Waals surface area contributed by atoms with E-state index in [1.807, 2.05) is 0 Å². The number of benzene rings is 1. The standard InChI is InChI=1S/C12H15Cl2O5P/c1-3-17-20(16,18-4-2)8-12(15)19-11-6-5-9(13)7-10(11)14/h5-7H,3-4,8H2,1-2H3. The van der Waals surface area contributed by atoms with E-state index < -0.39 is 19.7 Å². The van der Waals surface area contributed by atoms with Crippen molar-refractivity contribution in [3.8, 4) is 5.75 Å². The van der Waals surface area contributed by atoms with Gasteiger partial charge < -0.3 is 13.8 Å². The van der Waals surface area contributed by atoms with E-state index in [-0.39, 0.29) is 24.0 Å². The summed E-state index contributed by atoms with van der Waals surface area (Å²) in [5.74, 6) is -0.611. The number of esters is 1. The molecule has 0 unspecified atom stereocenters. The Bertz CT molecular complexity index is 511. The van der Waals surface area contributed by atoms with Crippen LogP contribution in [0.4, 0.5) is 0 Å². The first-order valence-electron chi connectivity index (χ1n) is 5.94. The molecule has 20 heavy (non-hydrogen) atoms. The van der Waals surface area contributed by atoms with Crippen molar-refractivity contribution in [2.24, 2.45) is 0 Å². The monoisotopic (exact) mass is 340 g/mol. The molecule has 0 amide bonds. The predicted molar refractivity (Wildman–Crippen MR) is 77.8 cm³/mol. The largest absolute Gasteiger partial charge is 0.424 e. The smallest absolute Gasteiger partial charge is 0.341 e. The lowest BCUT2D eigenvalue weighted by atomic mass is 10.3. The van der Waals surface area contributed by atoms with Gasteiger partial charge >= 0.3 is 13.6 Å². The second kappa shape index (κ2) is 8.01. The zero-order chi connectivity index (χ0) is 15.2. The Hall–Kier alpha value is -0.580. The SMILES string of the molecule is CCOP(=O)(CC(=O)Oc1ccc(Cl)cc1Cl)OCC. The van der Waals surface area contributed by atoms with E-state index in [1.54, 1.807) is 13.8 Å². The third kappa shape index (κ3) is 5.43. The minimum Gasteiger partial charge on any atom is -0.424 e. The summed E-state index contributed by atoms with van der Waals surface area (Å²) >= 11 is 11.6. The van der Waals surface area contributed by atoms with Gasteiger partial charge in [-0.15, -0.1) is 0 Å². The molecule has 0 spiro atoms. The molecule has 1 aromatic carbocycles. The van der Waals surface area contributed by atoms with Crippen LogP contribution >= 0.6 is 30.8 Å². The first kappa shape index (κ1) is 17.5. The van der Waals surface area contributed by atoms with Gasteiger partial charge in [0.15, 0.2) is 0 Å². The van der Waals surface area contributed by atoms with Crippen LogP contribution in [-0.4, -0.2) is 25.3 Å². The van der Waals surface area contributed by atoms with Gasteiger partial charge in [-0.05, 0) is 32.0 Å². The van der Waals surface area contributed by atoms with Crippen molar-refractivity contribution < 1.29 is 23.1 Å². The quantitative estimate of drug-likeness (QED) is 0.423. The summed E-state index contributed by atoms with van der Waals surface area (Å²) in [7, 11) is -3.48. The van der Waals surface area contributed by atoms with Gasteiger partial charge in [0.2, 0.25) is 0 Å². The molecule has 0 aromatic heterocycles. The molecule has 0 N–H and O–H groups in total. The Morgan fingerprint density at radius 3 is 2.30 bits per heavy atom. The van der Waals surface area contributed by atoms with Crippen LogP contribution in [0.15, 0.2) is 18.2 Å². The first-order valence-corrected chi connectivity index (χ1v) is 8.42. The number of rotatable bonds is 7. The van der Waals surface area contributed by atoms with Crippen molar-refractivity contribution >= 4 is 36.8 Å². The van der Waals surface area contributed by atoms with E-state index in [0.29, 0.717) is 5.02 Å². The molecule has 1 rings (SSSR count). The van der Waals surface area contributed by atoms with Gasteiger partial charge in [-0.3, -0.25) is 9.36 Å². The fraction of sp³-hybridized carbons (Fsp3) is 0.417. The molecule has 1 aromatic rings. The number of hydrogen-bond donors (Lipinski definition) is 0. The van der Waals surface area contributed by atoms with Crippen LogP contribution in [0.5, 0.6) is 5.75 Å². The lowest BCUT2D eigenvalue weighted by Crippen LogP contribution is -2.16. The number of hydrogen-bond acceptors (Lipinski definition) is 5. The molecular weight excluding hydrogens is 326 g/mol. The van der Waals surface area contributed by atoms with E-state index in [1.165, 1.54) is 18.2 Å². The molecule has 0 aliphatic heterocycles. The Labute approximate surface area is 127 Å². The van der Waals surface area contributed by atoms with Crippen molar-refractivity contribution in [1.82, 2.24) is 0 Å². The van der Waals surface area contributed by atoms with Crippen molar-refractivity contribution in [2.75, 3.05) is 19.4 Å². The Kier molecular flexibility index (Phi) is 7.00. The molecule has 8 heteroatoms. The number of carbonyl (C=O) groups excluding carboxylic acids is 1. The van der Waals surface area contributed by atoms with Crippen LogP contribution in [-0.2, 0) is 18.4 Å². The van der Waals surface area contributed by atoms with Crippen molar-refractivity contribution in [3.63, 3.8) is 0 Å². The van der Waals surface area contributed by atoms with Gasteiger partial charge in [-0.25, -0.2) is 0 Å². The minimum atomic E-state index is -3.48. The van der Waals surface area contributed by atoms with Crippen LogP contribution in [0.3, 0.4) is 0 Å². The normalized spacial score (nSPS) is 11.4. The van der Waals surface area contributed by atoms with Crippen LogP contribution in [0, 0.1) is 0 Å². The van der Waals surface area contributed by atoms with E-state index in [4.69, 9.17) is 37.0 Å². The van der Waals surface area contributed by atoms with E-state index in [9.17, 15) is 9.36 Å². The van der Waals surface area contributed by atoms with E-state index in [2.05, 4.69) is 0 Å². The summed E-state index contributed by atoms with van der Waals surface area (Å²) in [6.07, 6.45) is -0.479. The average Bonchev–Trinajstić information content (AvgIpc) is 2.33. The molecule has 0 radical (unpaired) electrons. The summed E-state index contributed by atoms with van der Waals surface area (Å²) in [4.78, 5) is 11.8. The highest BCUT2D eigenvalue weighted by Crippen LogP contribution is 2.47. The summed E-state index contributed by atoms with van der Waals surface area (Å²) in [6, 6.07) is 4.42.